The Morgan fingerprint density at radius 3 is 2.50 bits per heavy atom. The molecular formula is C24H22N2O5S. The van der Waals surface area contributed by atoms with Gasteiger partial charge in [0.2, 0.25) is 0 Å². The highest BCUT2D eigenvalue weighted by Crippen LogP contribution is 2.31. The van der Waals surface area contributed by atoms with Crippen LogP contribution in [0.4, 0.5) is 0 Å². The van der Waals surface area contributed by atoms with Gasteiger partial charge in [-0.25, -0.2) is 4.99 Å². The minimum atomic E-state index is -0.578. The van der Waals surface area contributed by atoms with Crippen molar-refractivity contribution in [2.24, 2.45) is 4.99 Å². The van der Waals surface area contributed by atoms with Gasteiger partial charge >= 0.3 is 0 Å². The summed E-state index contributed by atoms with van der Waals surface area (Å²) < 4.78 is 12.4. The molecule has 0 radical (unpaired) electrons. The van der Waals surface area contributed by atoms with Crippen LogP contribution in [0.2, 0.25) is 0 Å². The number of aromatic nitrogens is 1. The normalized spacial score (nSPS) is 15.9. The van der Waals surface area contributed by atoms with Crippen LogP contribution in [-0.2, 0) is 4.79 Å². The molecule has 1 aliphatic rings. The molecule has 1 atom stereocenters. The van der Waals surface area contributed by atoms with E-state index in [4.69, 9.17) is 9.47 Å². The number of hydrogen-bond acceptors (Lipinski definition) is 7. The molecule has 8 heteroatoms. The third kappa shape index (κ3) is 3.73. The molecule has 0 unspecified atom stereocenters. The molecule has 1 N–H and O–H groups in total. The molecule has 1 aliphatic heterocycles. The van der Waals surface area contributed by atoms with E-state index in [0.717, 1.165) is 5.56 Å². The Morgan fingerprint density at radius 2 is 1.88 bits per heavy atom. The van der Waals surface area contributed by atoms with Crippen LogP contribution in [0.1, 0.15) is 31.0 Å². The number of carbonyl (C=O) groups excluding carboxylic acids is 1. The van der Waals surface area contributed by atoms with E-state index in [1.807, 2.05) is 12.1 Å². The summed E-state index contributed by atoms with van der Waals surface area (Å²) in [5.74, 6) is 0.891. The number of ketones is 1. The molecule has 0 spiro atoms. The molecule has 0 bridgehead atoms. The maximum absolute atomic E-state index is 13.5. The van der Waals surface area contributed by atoms with Crippen molar-refractivity contribution in [1.82, 2.24) is 4.57 Å². The Bertz CT molecular complexity index is 1410. The average Bonchev–Trinajstić information content (AvgIpc) is 3.08. The molecule has 2 heterocycles. The van der Waals surface area contributed by atoms with Crippen molar-refractivity contribution < 1.29 is 19.4 Å². The van der Waals surface area contributed by atoms with Crippen molar-refractivity contribution in [3.05, 3.63) is 84.5 Å². The lowest BCUT2D eigenvalue weighted by atomic mass is 9.93. The van der Waals surface area contributed by atoms with Gasteiger partial charge in [-0.15, -0.1) is 0 Å². The second kappa shape index (κ2) is 8.47. The van der Waals surface area contributed by atoms with Crippen LogP contribution in [0.5, 0.6) is 17.2 Å². The number of carbonyl (C=O) groups is 1. The summed E-state index contributed by atoms with van der Waals surface area (Å²) in [5.41, 5.74) is 2.34. The third-order valence-corrected chi connectivity index (χ3v) is 6.32. The number of aromatic hydroxyl groups is 1. The van der Waals surface area contributed by atoms with E-state index in [0.29, 0.717) is 37.7 Å². The molecule has 0 saturated carbocycles. The number of phenolic OH excluding ortho intramolecular Hbond substituents is 1. The first-order valence-corrected chi connectivity index (χ1v) is 10.7. The second-order valence-corrected chi connectivity index (χ2v) is 8.35. The van der Waals surface area contributed by atoms with Gasteiger partial charge in [0.25, 0.3) is 5.56 Å². The summed E-state index contributed by atoms with van der Waals surface area (Å²) >= 11 is 1.25. The SMILES string of the molecule is COc1ccc([C@H]2C(C(C)=O)=C(C)N=c3s/c(=C/c4ccc(O)c(OC)c4)c(=O)n32)cc1. The van der Waals surface area contributed by atoms with Gasteiger partial charge in [0.05, 0.1) is 24.8 Å². The van der Waals surface area contributed by atoms with Crippen LogP contribution in [0.3, 0.4) is 0 Å². The predicted octanol–water partition coefficient (Wildman–Crippen LogP) is 2.55. The first-order chi connectivity index (χ1) is 15.3. The van der Waals surface area contributed by atoms with Crippen molar-refractivity contribution in [2.45, 2.75) is 19.9 Å². The number of Topliss-reactive ketones (excluding diaryl/α,β-unsaturated/α-hetero) is 1. The van der Waals surface area contributed by atoms with Gasteiger partial charge in [-0.05, 0) is 55.3 Å². The largest absolute Gasteiger partial charge is 0.504 e. The molecular weight excluding hydrogens is 428 g/mol. The van der Waals surface area contributed by atoms with E-state index in [2.05, 4.69) is 4.99 Å². The fourth-order valence-corrected chi connectivity index (χ4v) is 4.85. The number of hydrogen-bond donors (Lipinski definition) is 1. The first-order valence-electron chi connectivity index (χ1n) is 9.88. The number of fused-ring (bicyclic) bond motifs is 1. The fraction of sp³-hybridized carbons (Fsp3) is 0.208. The zero-order valence-corrected chi connectivity index (χ0v) is 18.9. The van der Waals surface area contributed by atoms with E-state index in [-0.39, 0.29) is 17.1 Å². The van der Waals surface area contributed by atoms with Crippen molar-refractivity contribution in [2.75, 3.05) is 14.2 Å². The lowest BCUT2D eigenvalue weighted by molar-refractivity contribution is -0.114. The molecule has 0 amide bonds. The molecule has 3 aromatic rings. The van der Waals surface area contributed by atoms with E-state index in [1.54, 1.807) is 48.9 Å². The van der Waals surface area contributed by atoms with Gasteiger partial charge in [0, 0.05) is 11.3 Å². The fourth-order valence-electron chi connectivity index (χ4n) is 3.81. The Kier molecular flexibility index (Phi) is 5.71. The van der Waals surface area contributed by atoms with Crippen molar-refractivity contribution >= 4 is 23.2 Å². The highest BCUT2D eigenvalue weighted by molar-refractivity contribution is 7.07. The lowest BCUT2D eigenvalue weighted by Gasteiger charge is -2.24. The van der Waals surface area contributed by atoms with Crippen LogP contribution in [0.25, 0.3) is 6.08 Å². The van der Waals surface area contributed by atoms with Crippen LogP contribution in [0.15, 0.2) is 63.5 Å². The number of allylic oxidation sites excluding steroid dienone is 2. The van der Waals surface area contributed by atoms with Gasteiger partial charge in [0.1, 0.15) is 5.75 Å². The van der Waals surface area contributed by atoms with Crippen LogP contribution < -0.4 is 24.4 Å². The Morgan fingerprint density at radius 1 is 1.16 bits per heavy atom. The van der Waals surface area contributed by atoms with Gasteiger partial charge in [-0.3, -0.25) is 14.2 Å². The smallest absolute Gasteiger partial charge is 0.271 e. The topological polar surface area (TPSA) is 90.1 Å². The number of phenols is 1. The standard InChI is InChI=1S/C24H22N2O5S/c1-13-21(14(2)27)22(16-6-8-17(30-3)9-7-16)26-23(29)20(32-24(26)25-13)12-15-5-10-18(28)19(11-15)31-4/h5-12,22,28H,1-4H3/b20-12+/t22-/m0/s1. The maximum atomic E-state index is 13.5. The second-order valence-electron chi connectivity index (χ2n) is 7.34. The van der Waals surface area contributed by atoms with Gasteiger partial charge in [-0.2, -0.15) is 0 Å². The Hall–Kier alpha value is -3.65. The number of methoxy groups -OCH3 is 2. The van der Waals surface area contributed by atoms with Gasteiger partial charge < -0.3 is 14.6 Å². The molecule has 0 aliphatic carbocycles. The van der Waals surface area contributed by atoms with Crippen molar-refractivity contribution in [3.8, 4) is 17.2 Å². The highest BCUT2D eigenvalue weighted by Gasteiger charge is 2.30. The summed E-state index contributed by atoms with van der Waals surface area (Å²) in [6, 6.07) is 11.6. The molecule has 2 aromatic carbocycles. The summed E-state index contributed by atoms with van der Waals surface area (Å²) in [4.78, 5) is 31.1. The maximum Gasteiger partial charge on any atom is 0.271 e. The van der Waals surface area contributed by atoms with E-state index >= 15 is 0 Å². The summed E-state index contributed by atoms with van der Waals surface area (Å²) in [6.45, 7) is 3.28. The van der Waals surface area contributed by atoms with Gasteiger partial charge in [0.15, 0.2) is 22.1 Å². The number of nitrogens with zero attached hydrogens (tertiary/aromatic N) is 2. The number of ether oxygens (including phenoxy) is 2. The first kappa shape index (κ1) is 21.6. The molecule has 4 rings (SSSR count). The summed E-state index contributed by atoms with van der Waals surface area (Å²) in [7, 11) is 3.05. The molecule has 32 heavy (non-hydrogen) atoms. The quantitative estimate of drug-likeness (QED) is 0.645. The third-order valence-electron chi connectivity index (χ3n) is 5.33. The predicted molar refractivity (Wildman–Crippen MR) is 122 cm³/mol. The number of rotatable bonds is 5. The summed E-state index contributed by atoms with van der Waals surface area (Å²) in [6.07, 6.45) is 1.73. The average molecular weight is 451 g/mol. The molecule has 0 saturated heterocycles. The van der Waals surface area contributed by atoms with Crippen molar-refractivity contribution in [1.29, 1.82) is 0 Å². The molecule has 1 aromatic heterocycles. The lowest BCUT2D eigenvalue weighted by Crippen LogP contribution is -2.39. The summed E-state index contributed by atoms with van der Waals surface area (Å²) in [5, 5.41) is 9.83. The van der Waals surface area contributed by atoms with Crippen LogP contribution in [0, 0.1) is 0 Å². The minimum Gasteiger partial charge on any atom is -0.504 e. The Balaban J connectivity index is 1.93. The van der Waals surface area contributed by atoms with Crippen molar-refractivity contribution in [3.63, 3.8) is 0 Å². The van der Waals surface area contributed by atoms with E-state index in [1.165, 1.54) is 31.4 Å². The molecule has 0 fully saturated rings. The monoisotopic (exact) mass is 450 g/mol. The highest BCUT2D eigenvalue weighted by atomic mass is 32.1. The molecule has 164 valence electrons. The zero-order valence-electron chi connectivity index (χ0n) is 18.1. The minimum absolute atomic E-state index is 0.0207. The van der Waals surface area contributed by atoms with E-state index < -0.39 is 6.04 Å². The van der Waals surface area contributed by atoms with E-state index in [9.17, 15) is 14.7 Å². The van der Waals surface area contributed by atoms with Gasteiger partial charge in [-0.1, -0.05) is 29.5 Å². The zero-order chi connectivity index (χ0) is 23.0. The van der Waals surface area contributed by atoms with Crippen LogP contribution >= 0.6 is 11.3 Å². The number of benzene rings is 2. The number of thiazole rings is 1. The molecule has 7 nitrogen and oxygen atoms in total. The van der Waals surface area contributed by atoms with Crippen LogP contribution in [-0.4, -0.2) is 29.7 Å². The Labute approximate surface area is 188 Å².